The molecule has 0 amide bonds. The molecular formula is C12H25NO. The first-order chi connectivity index (χ1) is 6.74. The van der Waals surface area contributed by atoms with E-state index < -0.39 is 0 Å². The molecule has 3 unspecified atom stereocenters. The van der Waals surface area contributed by atoms with E-state index in [4.69, 9.17) is 4.74 Å². The maximum absolute atomic E-state index is 5.15. The summed E-state index contributed by atoms with van der Waals surface area (Å²) in [6.07, 6.45) is 6.95. The average molecular weight is 199 g/mol. The predicted molar refractivity (Wildman–Crippen MR) is 60.5 cm³/mol. The summed E-state index contributed by atoms with van der Waals surface area (Å²) in [7, 11) is 1.77. The van der Waals surface area contributed by atoms with Crippen molar-refractivity contribution in [1.82, 2.24) is 5.32 Å². The van der Waals surface area contributed by atoms with Gasteiger partial charge in [-0.25, -0.2) is 0 Å². The second kappa shape index (κ2) is 6.41. The van der Waals surface area contributed by atoms with Gasteiger partial charge in [-0.3, -0.25) is 0 Å². The van der Waals surface area contributed by atoms with Crippen LogP contribution < -0.4 is 5.32 Å². The molecule has 84 valence electrons. The van der Waals surface area contributed by atoms with Crippen molar-refractivity contribution < 1.29 is 4.74 Å². The highest BCUT2D eigenvalue weighted by atomic mass is 16.5. The monoisotopic (exact) mass is 199 g/mol. The number of ether oxygens (including phenoxy) is 1. The Balaban J connectivity index is 2.32. The van der Waals surface area contributed by atoms with Gasteiger partial charge in [-0.1, -0.05) is 26.2 Å². The third-order valence-corrected chi connectivity index (χ3v) is 3.28. The van der Waals surface area contributed by atoms with E-state index in [-0.39, 0.29) is 0 Å². The Labute approximate surface area is 88.4 Å². The summed E-state index contributed by atoms with van der Waals surface area (Å²) in [5.41, 5.74) is 0. The van der Waals surface area contributed by atoms with Crippen LogP contribution in [-0.2, 0) is 4.74 Å². The molecule has 0 aromatic heterocycles. The van der Waals surface area contributed by atoms with Crippen molar-refractivity contribution in [1.29, 1.82) is 0 Å². The highest BCUT2D eigenvalue weighted by Gasteiger charge is 2.20. The van der Waals surface area contributed by atoms with Crippen molar-refractivity contribution in [2.75, 3.05) is 13.7 Å². The number of rotatable bonds is 4. The molecule has 0 radical (unpaired) electrons. The summed E-state index contributed by atoms with van der Waals surface area (Å²) >= 11 is 0. The number of methoxy groups -OCH3 is 1. The summed E-state index contributed by atoms with van der Waals surface area (Å²) in [6, 6.07) is 1.20. The lowest BCUT2D eigenvalue weighted by Gasteiger charge is -2.26. The molecule has 1 saturated carbocycles. The standard InChI is InChI=1S/C12H25NO/c1-10-7-5-4-6-8-12(10)13-11(2)9-14-3/h10-13H,4-9H2,1-3H3. The second-order valence-electron chi connectivity index (χ2n) is 4.74. The number of hydrogen-bond acceptors (Lipinski definition) is 2. The van der Waals surface area contributed by atoms with Crippen LogP contribution in [0.15, 0.2) is 0 Å². The SMILES string of the molecule is COCC(C)NC1CCCCCC1C. The highest BCUT2D eigenvalue weighted by Crippen LogP contribution is 2.23. The van der Waals surface area contributed by atoms with Crippen LogP contribution in [0.5, 0.6) is 0 Å². The molecule has 1 aliphatic rings. The van der Waals surface area contributed by atoms with Gasteiger partial charge in [0.15, 0.2) is 0 Å². The molecule has 0 spiro atoms. The fraction of sp³-hybridized carbons (Fsp3) is 1.00. The average Bonchev–Trinajstić information content (AvgIpc) is 2.33. The predicted octanol–water partition coefficient (Wildman–Crippen LogP) is 2.58. The van der Waals surface area contributed by atoms with Gasteiger partial charge >= 0.3 is 0 Å². The minimum Gasteiger partial charge on any atom is -0.383 e. The summed E-state index contributed by atoms with van der Waals surface area (Å²) in [5, 5.41) is 3.68. The van der Waals surface area contributed by atoms with Crippen LogP contribution in [-0.4, -0.2) is 25.8 Å². The molecule has 3 atom stereocenters. The van der Waals surface area contributed by atoms with E-state index in [0.29, 0.717) is 12.1 Å². The Morgan fingerprint density at radius 1 is 1.29 bits per heavy atom. The van der Waals surface area contributed by atoms with Crippen LogP contribution in [0.2, 0.25) is 0 Å². The van der Waals surface area contributed by atoms with E-state index in [2.05, 4.69) is 19.2 Å². The first-order valence-electron chi connectivity index (χ1n) is 5.99. The van der Waals surface area contributed by atoms with Gasteiger partial charge in [0.25, 0.3) is 0 Å². The van der Waals surface area contributed by atoms with Crippen LogP contribution >= 0.6 is 0 Å². The van der Waals surface area contributed by atoms with E-state index in [9.17, 15) is 0 Å². The van der Waals surface area contributed by atoms with Gasteiger partial charge in [0.05, 0.1) is 6.61 Å². The van der Waals surface area contributed by atoms with Crippen molar-refractivity contribution in [3.05, 3.63) is 0 Å². The molecule has 0 aromatic rings. The van der Waals surface area contributed by atoms with E-state index in [0.717, 1.165) is 12.5 Å². The van der Waals surface area contributed by atoms with Gasteiger partial charge in [-0.15, -0.1) is 0 Å². The molecule has 1 N–H and O–H groups in total. The molecule has 0 heterocycles. The van der Waals surface area contributed by atoms with Crippen molar-refractivity contribution >= 4 is 0 Å². The molecular weight excluding hydrogens is 174 g/mol. The molecule has 0 aromatic carbocycles. The molecule has 0 bridgehead atoms. The van der Waals surface area contributed by atoms with E-state index in [1.165, 1.54) is 32.1 Å². The van der Waals surface area contributed by atoms with Crippen molar-refractivity contribution in [2.45, 2.75) is 58.0 Å². The summed E-state index contributed by atoms with van der Waals surface area (Å²) in [6.45, 7) is 5.41. The molecule has 0 aliphatic heterocycles. The quantitative estimate of drug-likeness (QED) is 0.703. The molecule has 14 heavy (non-hydrogen) atoms. The zero-order valence-electron chi connectivity index (χ0n) is 9.88. The van der Waals surface area contributed by atoms with Crippen LogP contribution in [0.3, 0.4) is 0 Å². The van der Waals surface area contributed by atoms with Gasteiger partial charge < -0.3 is 10.1 Å². The van der Waals surface area contributed by atoms with Crippen molar-refractivity contribution in [3.8, 4) is 0 Å². The Kier molecular flexibility index (Phi) is 5.49. The van der Waals surface area contributed by atoms with Gasteiger partial charge in [-0.2, -0.15) is 0 Å². The molecule has 1 rings (SSSR count). The zero-order valence-corrected chi connectivity index (χ0v) is 9.88. The number of hydrogen-bond donors (Lipinski definition) is 1. The lowest BCUT2D eigenvalue weighted by molar-refractivity contribution is 0.159. The minimum atomic E-state index is 0.491. The fourth-order valence-corrected chi connectivity index (χ4v) is 2.40. The fourth-order valence-electron chi connectivity index (χ4n) is 2.40. The summed E-state index contributed by atoms with van der Waals surface area (Å²) < 4.78 is 5.15. The maximum atomic E-state index is 5.15. The topological polar surface area (TPSA) is 21.3 Å². The third kappa shape index (κ3) is 3.97. The highest BCUT2D eigenvalue weighted by molar-refractivity contribution is 4.79. The lowest BCUT2D eigenvalue weighted by Crippen LogP contribution is -2.42. The summed E-state index contributed by atoms with van der Waals surface area (Å²) in [4.78, 5) is 0. The van der Waals surface area contributed by atoms with E-state index in [1.807, 2.05) is 0 Å². The molecule has 1 aliphatic carbocycles. The lowest BCUT2D eigenvalue weighted by atomic mass is 9.96. The Morgan fingerprint density at radius 3 is 2.71 bits per heavy atom. The van der Waals surface area contributed by atoms with Gasteiger partial charge in [-0.05, 0) is 25.7 Å². The van der Waals surface area contributed by atoms with Gasteiger partial charge in [0, 0.05) is 19.2 Å². The molecule has 2 heteroatoms. The Hall–Kier alpha value is -0.0800. The van der Waals surface area contributed by atoms with E-state index >= 15 is 0 Å². The van der Waals surface area contributed by atoms with E-state index in [1.54, 1.807) is 7.11 Å². The summed E-state index contributed by atoms with van der Waals surface area (Å²) in [5.74, 6) is 0.830. The number of nitrogens with one attached hydrogen (secondary N) is 1. The molecule has 2 nitrogen and oxygen atoms in total. The normalized spacial score (nSPS) is 31.1. The van der Waals surface area contributed by atoms with Crippen molar-refractivity contribution in [3.63, 3.8) is 0 Å². The third-order valence-electron chi connectivity index (χ3n) is 3.28. The largest absolute Gasteiger partial charge is 0.383 e. The minimum absolute atomic E-state index is 0.491. The first kappa shape index (κ1) is 12.0. The Bertz CT molecular complexity index is 149. The first-order valence-corrected chi connectivity index (χ1v) is 5.99. The van der Waals surface area contributed by atoms with Crippen LogP contribution in [0.25, 0.3) is 0 Å². The molecule has 0 saturated heterocycles. The van der Waals surface area contributed by atoms with Crippen molar-refractivity contribution in [2.24, 2.45) is 5.92 Å². The van der Waals surface area contributed by atoms with Gasteiger partial charge in [0.2, 0.25) is 0 Å². The van der Waals surface area contributed by atoms with Gasteiger partial charge in [0.1, 0.15) is 0 Å². The smallest absolute Gasteiger partial charge is 0.0613 e. The zero-order chi connectivity index (χ0) is 10.4. The van der Waals surface area contributed by atoms with Crippen LogP contribution in [0, 0.1) is 5.92 Å². The molecule has 1 fully saturated rings. The Morgan fingerprint density at radius 2 is 2.00 bits per heavy atom. The second-order valence-corrected chi connectivity index (χ2v) is 4.74. The van der Waals surface area contributed by atoms with Crippen LogP contribution in [0.1, 0.15) is 46.0 Å². The van der Waals surface area contributed by atoms with Crippen LogP contribution in [0.4, 0.5) is 0 Å². The maximum Gasteiger partial charge on any atom is 0.0613 e.